The Morgan fingerprint density at radius 2 is 0.975 bits per heavy atom. The number of nitrogens with one attached hydrogen (secondary N) is 2. The van der Waals surface area contributed by atoms with Gasteiger partial charge in [0.2, 0.25) is 0 Å². The van der Waals surface area contributed by atoms with Crippen LogP contribution in [0.4, 0.5) is 5.69 Å². The Hall–Kier alpha value is -4.67. The number of nitrogens with zero attached hydrogens (tertiary/aromatic N) is 2. The first-order valence-corrected chi connectivity index (χ1v) is 13.1. The molecule has 200 valence electrons. The van der Waals surface area contributed by atoms with Gasteiger partial charge in [-0.15, -0.1) is 0 Å². The fraction of sp³-hybridized carbons (Fsp3) is 0.0588. The maximum Gasteiger partial charge on any atom is 0.0659 e. The minimum absolute atomic E-state index is 0. The summed E-state index contributed by atoms with van der Waals surface area (Å²) < 4.78 is 0. The second kappa shape index (κ2) is 12.5. The van der Waals surface area contributed by atoms with Gasteiger partial charge in [0.15, 0.2) is 0 Å². The molecule has 0 spiro atoms. The van der Waals surface area contributed by atoms with Crippen molar-refractivity contribution in [2.75, 3.05) is 5.73 Å². The van der Waals surface area contributed by atoms with E-state index in [-0.39, 0.29) is 16.5 Å². The van der Waals surface area contributed by atoms with Gasteiger partial charge in [-0.3, -0.25) is 0 Å². The summed E-state index contributed by atoms with van der Waals surface area (Å²) in [4.78, 5) is 16.0. The minimum atomic E-state index is 0. The van der Waals surface area contributed by atoms with E-state index in [1.165, 1.54) is 11.1 Å². The van der Waals surface area contributed by atoms with Crippen molar-refractivity contribution in [1.29, 1.82) is 0 Å². The summed E-state index contributed by atoms with van der Waals surface area (Å²) in [5.41, 5.74) is 17.2. The Kier molecular flexibility index (Phi) is 8.39. The van der Waals surface area contributed by atoms with Crippen molar-refractivity contribution >= 4 is 52.1 Å². The van der Waals surface area contributed by atoms with Gasteiger partial charge >= 0.3 is 0 Å². The Morgan fingerprint density at radius 1 is 0.500 bits per heavy atom. The van der Waals surface area contributed by atoms with Crippen molar-refractivity contribution in [3.63, 3.8) is 0 Å². The van der Waals surface area contributed by atoms with Crippen LogP contribution in [0.5, 0.6) is 0 Å². The second-order valence-corrected chi connectivity index (χ2v) is 9.59. The third-order valence-corrected chi connectivity index (χ3v) is 6.62. The molecule has 7 rings (SSSR count). The number of rotatable bonds is 3. The number of para-hydroxylation sites is 1. The van der Waals surface area contributed by atoms with Crippen molar-refractivity contribution in [2.45, 2.75) is 12.8 Å². The van der Waals surface area contributed by atoms with E-state index < -0.39 is 0 Å². The first-order valence-electron chi connectivity index (χ1n) is 13.1. The summed E-state index contributed by atoms with van der Waals surface area (Å²) in [5.74, 6) is 0. The number of hydrogen-bond donors (Lipinski definition) is 3. The molecule has 6 heteroatoms. The third-order valence-electron chi connectivity index (χ3n) is 6.62. The van der Waals surface area contributed by atoms with Gasteiger partial charge in [0.05, 0.1) is 22.8 Å². The van der Waals surface area contributed by atoms with E-state index in [1.807, 2.05) is 66.8 Å². The van der Waals surface area contributed by atoms with Gasteiger partial charge in [-0.1, -0.05) is 48.5 Å². The summed E-state index contributed by atoms with van der Waals surface area (Å²) in [6, 6.07) is 35.0. The topological polar surface area (TPSA) is 83.4 Å². The number of fused-ring (bicyclic) bond motifs is 8. The van der Waals surface area contributed by atoms with Crippen LogP contribution in [0.25, 0.3) is 46.4 Å². The third kappa shape index (κ3) is 6.85. The van der Waals surface area contributed by atoms with Crippen molar-refractivity contribution in [3.05, 3.63) is 137 Å². The zero-order valence-corrected chi connectivity index (χ0v) is 22.8. The van der Waals surface area contributed by atoms with Gasteiger partial charge in [-0.05, 0) is 103 Å². The SMILES string of the molecule is C1=Cc2cc3ccc(cc4ccc(cc5nc(cc1n2)C=C5)[nH]4)[nH]3.Nc1ccccc1CCc1ccccc1.[Ni]. The predicted molar refractivity (Wildman–Crippen MR) is 164 cm³/mol. The van der Waals surface area contributed by atoms with E-state index in [9.17, 15) is 0 Å². The average Bonchev–Trinajstić information content (AvgIpc) is 3.76. The van der Waals surface area contributed by atoms with Gasteiger partial charge in [-0.25, -0.2) is 9.97 Å². The fourth-order valence-electron chi connectivity index (χ4n) is 4.63. The molecular weight excluding hydrogens is 537 g/mol. The molecule has 0 amide bonds. The van der Waals surface area contributed by atoms with E-state index in [0.717, 1.165) is 63.4 Å². The Labute approximate surface area is 243 Å². The van der Waals surface area contributed by atoms with Crippen LogP contribution >= 0.6 is 0 Å². The van der Waals surface area contributed by atoms with Crippen LogP contribution in [-0.4, -0.2) is 19.9 Å². The fourth-order valence-corrected chi connectivity index (χ4v) is 4.63. The van der Waals surface area contributed by atoms with E-state index in [1.54, 1.807) is 0 Å². The number of nitrogen functional groups attached to an aromatic ring is 1. The summed E-state index contributed by atoms with van der Waals surface area (Å²) in [6.45, 7) is 0. The maximum atomic E-state index is 5.88. The minimum Gasteiger partial charge on any atom is -0.399 e. The summed E-state index contributed by atoms with van der Waals surface area (Å²) in [5, 5.41) is 0. The van der Waals surface area contributed by atoms with Crippen LogP contribution < -0.4 is 5.73 Å². The molecule has 0 radical (unpaired) electrons. The zero-order chi connectivity index (χ0) is 26.4. The normalized spacial score (nSPS) is 11.4. The van der Waals surface area contributed by atoms with Crippen LogP contribution in [0, 0.1) is 0 Å². The Balaban J connectivity index is 0.000000175. The molecule has 0 unspecified atom stereocenters. The van der Waals surface area contributed by atoms with Crippen LogP contribution in [0.2, 0.25) is 0 Å². The molecule has 0 saturated heterocycles. The summed E-state index contributed by atoms with van der Waals surface area (Å²) >= 11 is 0. The molecule has 40 heavy (non-hydrogen) atoms. The van der Waals surface area contributed by atoms with E-state index in [4.69, 9.17) is 5.73 Å². The molecule has 0 atom stereocenters. The molecule has 0 saturated carbocycles. The Morgan fingerprint density at radius 3 is 1.52 bits per heavy atom. The average molecular weight is 566 g/mol. The van der Waals surface area contributed by atoms with Crippen molar-refractivity contribution in [2.24, 2.45) is 0 Å². The molecule has 5 nitrogen and oxygen atoms in total. The molecule has 2 aliphatic rings. The molecule has 0 fully saturated rings. The zero-order valence-electron chi connectivity index (χ0n) is 21.8. The summed E-state index contributed by atoms with van der Waals surface area (Å²) in [6.07, 6.45) is 10.1. The van der Waals surface area contributed by atoms with Gasteiger partial charge in [0.25, 0.3) is 0 Å². The van der Waals surface area contributed by atoms with Crippen LogP contribution in [-0.2, 0) is 29.3 Å². The molecule has 3 aromatic heterocycles. The molecule has 5 heterocycles. The van der Waals surface area contributed by atoms with Crippen LogP contribution in [0.15, 0.2) is 103 Å². The number of hydrogen-bond acceptors (Lipinski definition) is 3. The molecule has 5 aromatic rings. The molecular formula is C34H29N5Ni. The van der Waals surface area contributed by atoms with Gasteiger partial charge in [-0.2, -0.15) is 0 Å². The van der Waals surface area contributed by atoms with Crippen molar-refractivity contribution in [3.8, 4) is 0 Å². The van der Waals surface area contributed by atoms with Crippen molar-refractivity contribution < 1.29 is 16.5 Å². The number of aryl methyl sites for hydroxylation is 2. The van der Waals surface area contributed by atoms with E-state index in [2.05, 4.69) is 80.6 Å². The summed E-state index contributed by atoms with van der Waals surface area (Å²) in [7, 11) is 0. The molecule has 0 aliphatic carbocycles. The number of aromatic nitrogens is 4. The molecule has 2 aliphatic heterocycles. The molecule has 4 N–H and O–H groups in total. The predicted octanol–water partition coefficient (Wildman–Crippen LogP) is 7.71. The second-order valence-electron chi connectivity index (χ2n) is 9.59. The largest absolute Gasteiger partial charge is 0.399 e. The number of benzene rings is 2. The molecule has 8 bridgehead atoms. The monoisotopic (exact) mass is 565 g/mol. The van der Waals surface area contributed by atoms with Crippen LogP contribution in [0.1, 0.15) is 33.9 Å². The first kappa shape index (κ1) is 26.9. The number of nitrogens with two attached hydrogens (primary N) is 1. The van der Waals surface area contributed by atoms with E-state index >= 15 is 0 Å². The van der Waals surface area contributed by atoms with Gasteiger partial charge in [0.1, 0.15) is 0 Å². The number of aromatic amines is 2. The molecule has 2 aromatic carbocycles. The van der Waals surface area contributed by atoms with Crippen LogP contribution in [0.3, 0.4) is 0 Å². The standard InChI is InChI=1S/C20H14N4.C14H15N.Ni/c1-2-14-10-16-5-6-18(23-16)12-20-8-7-19(24-20)11-17-4-3-15(22-17)9-13(1)21-14;15-14-9-5-4-8-13(14)11-10-12-6-2-1-3-7-12;/h1-12,21-22H;1-9H,10-11,15H2;. The Bertz CT molecular complexity index is 1740. The van der Waals surface area contributed by atoms with Gasteiger partial charge < -0.3 is 15.7 Å². The number of anilines is 1. The quantitative estimate of drug-likeness (QED) is 0.151. The van der Waals surface area contributed by atoms with Crippen molar-refractivity contribution in [1.82, 2.24) is 19.9 Å². The van der Waals surface area contributed by atoms with Gasteiger partial charge in [0, 0.05) is 44.2 Å². The maximum absolute atomic E-state index is 5.88. The smallest absolute Gasteiger partial charge is 0.0659 e. The van der Waals surface area contributed by atoms with E-state index in [0.29, 0.717) is 0 Å². The number of H-pyrrole nitrogens is 2. The first-order chi connectivity index (χ1) is 19.2.